The highest BCUT2D eigenvalue weighted by Crippen LogP contribution is 2.36. The van der Waals surface area contributed by atoms with E-state index >= 15 is 0 Å². The molecule has 1 aliphatic heterocycles. The minimum absolute atomic E-state index is 0. The summed E-state index contributed by atoms with van der Waals surface area (Å²) in [6.07, 6.45) is -4.44. The number of ether oxygens (including phenoxy) is 1. The smallest absolute Gasteiger partial charge is 0.406 e. The molecule has 0 saturated heterocycles. The van der Waals surface area contributed by atoms with Crippen molar-refractivity contribution in [2.24, 2.45) is 5.73 Å². The lowest BCUT2D eigenvalue weighted by Gasteiger charge is -2.25. The van der Waals surface area contributed by atoms with E-state index in [2.05, 4.69) is 4.74 Å². The third kappa shape index (κ3) is 5.68. The monoisotopic (exact) mass is 460 g/mol. The number of anilines is 1. The highest BCUT2D eigenvalue weighted by Gasteiger charge is 2.31. The predicted molar refractivity (Wildman–Crippen MR) is 111 cm³/mol. The average molecular weight is 461 g/mol. The molecule has 0 unspecified atom stereocenters. The van der Waals surface area contributed by atoms with Gasteiger partial charge in [0.2, 0.25) is 5.91 Å². The third-order valence-electron chi connectivity index (χ3n) is 4.39. The normalized spacial score (nSPS) is 16.4. The molecule has 0 aliphatic carbocycles. The molecule has 1 amide bonds. The minimum Gasteiger partial charge on any atom is -0.406 e. The van der Waals surface area contributed by atoms with Crippen LogP contribution in [0.1, 0.15) is 29.3 Å². The number of halogens is 4. The van der Waals surface area contributed by atoms with Gasteiger partial charge in [0.1, 0.15) is 5.75 Å². The second-order valence-electron chi connectivity index (χ2n) is 6.49. The van der Waals surface area contributed by atoms with Crippen molar-refractivity contribution >= 4 is 41.5 Å². The summed E-state index contributed by atoms with van der Waals surface area (Å²) in [7, 11) is 0. The maximum absolute atomic E-state index is 12.8. The summed E-state index contributed by atoms with van der Waals surface area (Å²) in [5, 5.41) is 0. The van der Waals surface area contributed by atoms with Gasteiger partial charge in [0, 0.05) is 22.6 Å². The summed E-state index contributed by atoms with van der Waals surface area (Å²) >= 11 is 1.43. The molecule has 0 spiro atoms. The zero-order valence-electron chi connectivity index (χ0n) is 15.9. The van der Waals surface area contributed by atoms with E-state index in [0.717, 1.165) is 4.90 Å². The average Bonchev–Trinajstić information content (AvgIpc) is 2.79. The summed E-state index contributed by atoms with van der Waals surface area (Å²) in [5.41, 5.74) is 7.66. The first kappa shape index (κ1) is 24.0. The van der Waals surface area contributed by atoms with Crippen molar-refractivity contribution in [2.45, 2.75) is 37.2 Å². The van der Waals surface area contributed by atoms with Gasteiger partial charge in [0.05, 0.1) is 18.3 Å². The zero-order valence-corrected chi connectivity index (χ0v) is 17.6. The first-order valence-corrected chi connectivity index (χ1v) is 9.88. The molecule has 162 valence electrons. The lowest BCUT2D eigenvalue weighted by atomic mass is 10.1. The summed E-state index contributed by atoms with van der Waals surface area (Å²) in [4.78, 5) is 27.2. The van der Waals surface area contributed by atoms with Crippen LogP contribution in [-0.4, -0.2) is 29.8 Å². The van der Waals surface area contributed by atoms with Gasteiger partial charge < -0.3 is 15.4 Å². The largest absolute Gasteiger partial charge is 0.573 e. The van der Waals surface area contributed by atoms with Gasteiger partial charge in [-0.3, -0.25) is 9.59 Å². The van der Waals surface area contributed by atoms with Crippen molar-refractivity contribution in [2.75, 3.05) is 10.7 Å². The number of hydrogen-bond donors (Lipinski definition) is 1. The van der Waals surface area contributed by atoms with E-state index in [4.69, 9.17) is 5.73 Å². The van der Waals surface area contributed by atoms with E-state index < -0.39 is 12.4 Å². The Hall–Kier alpha value is -2.23. The summed E-state index contributed by atoms with van der Waals surface area (Å²) < 4.78 is 40.9. The minimum atomic E-state index is -4.77. The molecule has 2 aromatic rings. The van der Waals surface area contributed by atoms with Crippen LogP contribution in [0.25, 0.3) is 0 Å². The van der Waals surface area contributed by atoms with Crippen LogP contribution in [0, 0.1) is 0 Å². The summed E-state index contributed by atoms with van der Waals surface area (Å²) in [6, 6.07) is 9.76. The molecule has 1 heterocycles. The van der Waals surface area contributed by atoms with Crippen molar-refractivity contribution in [3.8, 4) is 5.75 Å². The Morgan fingerprint density at radius 3 is 2.50 bits per heavy atom. The number of hydrogen-bond acceptors (Lipinski definition) is 5. The number of Topliss-reactive ketones (excluding diaryl/α,β-unsaturated/α-hetero) is 1. The van der Waals surface area contributed by atoms with Gasteiger partial charge in [0.15, 0.2) is 5.78 Å². The molecular weight excluding hydrogens is 441 g/mol. The van der Waals surface area contributed by atoms with Crippen molar-refractivity contribution in [1.82, 2.24) is 0 Å². The van der Waals surface area contributed by atoms with Crippen LogP contribution in [-0.2, 0) is 11.3 Å². The molecular formula is C20H20ClF3N2O3S. The molecule has 0 bridgehead atoms. The van der Waals surface area contributed by atoms with Crippen LogP contribution in [0.4, 0.5) is 18.9 Å². The van der Waals surface area contributed by atoms with E-state index in [9.17, 15) is 22.8 Å². The predicted octanol–water partition coefficient (Wildman–Crippen LogP) is 4.57. The topological polar surface area (TPSA) is 72.6 Å². The van der Waals surface area contributed by atoms with Crippen LogP contribution < -0.4 is 15.4 Å². The van der Waals surface area contributed by atoms with Crippen LogP contribution in [0.2, 0.25) is 0 Å². The second kappa shape index (κ2) is 9.72. The van der Waals surface area contributed by atoms with Crippen LogP contribution in [0.15, 0.2) is 47.4 Å². The molecule has 1 aliphatic rings. The lowest BCUT2D eigenvalue weighted by molar-refractivity contribution is -0.274. The Morgan fingerprint density at radius 1 is 1.23 bits per heavy atom. The highest BCUT2D eigenvalue weighted by atomic mass is 35.5. The van der Waals surface area contributed by atoms with E-state index in [1.165, 1.54) is 40.9 Å². The number of thioether (sulfide) groups is 1. The van der Waals surface area contributed by atoms with Crippen LogP contribution in [0.5, 0.6) is 5.75 Å². The Morgan fingerprint density at radius 2 is 1.90 bits per heavy atom. The van der Waals surface area contributed by atoms with Gasteiger partial charge >= 0.3 is 6.36 Å². The van der Waals surface area contributed by atoms with E-state index in [-0.39, 0.29) is 36.4 Å². The van der Waals surface area contributed by atoms with Crippen LogP contribution >= 0.6 is 24.2 Å². The number of fused-ring (bicyclic) bond motifs is 1. The van der Waals surface area contributed by atoms with Crippen molar-refractivity contribution in [3.05, 3.63) is 53.6 Å². The fraction of sp³-hybridized carbons (Fsp3) is 0.300. The Bertz CT molecular complexity index is 923. The highest BCUT2D eigenvalue weighted by molar-refractivity contribution is 7.99. The molecule has 0 radical (unpaired) electrons. The molecule has 2 aromatic carbocycles. The van der Waals surface area contributed by atoms with Gasteiger partial charge in [-0.05, 0) is 29.8 Å². The molecule has 10 heteroatoms. The number of nitrogens with zero attached hydrogens (tertiary/aromatic N) is 1. The van der Waals surface area contributed by atoms with Crippen molar-refractivity contribution in [3.63, 3.8) is 0 Å². The maximum atomic E-state index is 12.8. The molecule has 0 fully saturated rings. The molecule has 3 rings (SSSR count). The summed E-state index contributed by atoms with van der Waals surface area (Å²) in [6.45, 7) is 1.86. The number of nitrogens with two attached hydrogens (primary N) is 1. The number of carbonyl (C=O) groups is 2. The maximum Gasteiger partial charge on any atom is 0.573 e. The third-order valence-corrected chi connectivity index (χ3v) is 5.57. The molecule has 30 heavy (non-hydrogen) atoms. The van der Waals surface area contributed by atoms with E-state index in [1.807, 2.05) is 0 Å². The number of ketones is 1. The summed E-state index contributed by atoms with van der Waals surface area (Å²) in [5.74, 6) is -0.311. The molecule has 2 N–H and O–H groups in total. The number of carbonyl (C=O) groups excluding carboxylic acids is 2. The van der Waals surface area contributed by atoms with Gasteiger partial charge in [-0.15, -0.1) is 37.3 Å². The first-order valence-electron chi connectivity index (χ1n) is 8.89. The number of rotatable bonds is 5. The lowest BCUT2D eigenvalue weighted by Crippen LogP contribution is -2.44. The zero-order chi connectivity index (χ0) is 21.2. The number of benzene rings is 2. The fourth-order valence-electron chi connectivity index (χ4n) is 2.94. The first-order chi connectivity index (χ1) is 13.7. The Labute approximate surface area is 182 Å². The SMILES string of the molecule is CCC(=O)c1ccc2c(c1)N(Cc1ccc(OC(F)(F)F)cc1)C(=O)[C@@H](N)CS2.Cl. The van der Waals surface area contributed by atoms with Gasteiger partial charge in [-0.1, -0.05) is 25.1 Å². The van der Waals surface area contributed by atoms with Crippen molar-refractivity contribution in [1.29, 1.82) is 0 Å². The Kier molecular flexibility index (Phi) is 7.79. The molecule has 0 aromatic heterocycles. The van der Waals surface area contributed by atoms with E-state index in [0.29, 0.717) is 29.0 Å². The van der Waals surface area contributed by atoms with Gasteiger partial charge in [-0.2, -0.15) is 0 Å². The molecule has 5 nitrogen and oxygen atoms in total. The van der Waals surface area contributed by atoms with Gasteiger partial charge in [0.25, 0.3) is 0 Å². The molecule has 1 atom stereocenters. The number of amides is 1. The van der Waals surface area contributed by atoms with Gasteiger partial charge in [-0.25, -0.2) is 0 Å². The molecule has 0 saturated carbocycles. The Balaban J connectivity index is 0.00000320. The standard InChI is InChI=1S/C20H19F3N2O3S.ClH/c1-2-17(26)13-5-8-18-16(9-13)25(19(27)15(24)11-29-18)10-12-3-6-14(7-4-12)28-20(21,22)23;/h3-9,15H,2,10-11,24H2,1H3;1H/t15-;/m0./s1. The number of alkyl halides is 3. The van der Waals surface area contributed by atoms with Crippen LogP contribution in [0.3, 0.4) is 0 Å². The fourth-order valence-corrected chi connectivity index (χ4v) is 3.92. The van der Waals surface area contributed by atoms with Crippen molar-refractivity contribution < 1.29 is 27.5 Å². The van der Waals surface area contributed by atoms with E-state index in [1.54, 1.807) is 25.1 Å². The second-order valence-corrected chi connectivity index (χ2v) is 7.55. The quantitative estimate of drug-likeness (QED) is 0.662.